The van der Waals surface area contributed by atoms with Gasteiger partial charge in [0.25, 0.3) is 0 Å². The van der Waals surface area contributed by atoms with Gasteiger partial charge < -0.3 is 19.3 Å². The highest BCUT2D eigenvalue weighted by Gasteiger charge is 2.40. The van der Waals surface area contributed by atoms with Gasteiger partial charge in [0.2, 0.25) is 0 Å². The van der Waals surface area contributed by atoms with Crippen LogP contribution in [0.25, 0.3) is 0 Å². The molecule has 0 aromatic heterocycles. The van der Waals surface area contributed by atoms with Crippen LogP contribution in [0.15, 0.2) is 36.4 Å². The summed E-state index contributed by atoms with van der Waals surface area (Å²) in [4.78, 5) is 12.8. The van der Waals surface area contributed by atoms with Crippen molar-refractivity contribution in [3.63, 3.8) is 0 Å². The minimum absolute atomic E-state index is 0.0413. The van der Waals surface area contributed by atoms with Crippen LogP contribution in [0.5, 0.6) is 11.5 Å². The topological polar surface area (TPSA) is 65.0 Å². The SMILES string of the molecule is CCCCOc1cc(C(CO)OC)c(C(F)(F)F)c(C)c1C(=O)Oc1ccccc1. The van der Waals surface area contributed by atoms with E-state index in [2.05, 4.69) is 0 Å². The van der Waals surface area contributed by atoms with Gasteiger partial charge in [0.1, 0.15) is 23.2 Å². The Labute approximate surface area is 173 Å². The molecule has 1 N–H and O–H groups in total. The molecule has 0 amide bonds. The zero-order valence-electron chi connectivity index (χ0n) is 17.1. The van der Waals surface area contributed by atoms with Crippen LogP contribution in [0, 0.1) is 6.92 Å². The van der Waals surface area contributed by atoms with E-state index < -0.39 is 30.4 Å². The molecule has 2 rings (SSSR count). The number of hydrogen-bond acceptors (Lipinski definition) is 5. The smallest absolute Gasteiger partial charge is 0.417 e. The van der Waals surface area contributed by atoms with Crippen molar-refractivity contribution >= 4 is 5.97 Å². The molecule has 1 unspecified atom stereocenters. The van der Waals surface area contributed by atoms with E-state index in [4.69, 9.17) is 14.2 Å². The average Bonchev–Trinajstić information content (AvgIpc) is 2.68. The Morgan fingerprint density at radius 1 is 1.20 bits per heavy atom. The summed E-state index contributed by atoms with van der Waals surface area (Å²) in [6, 6.07) is 9.16. The van der Waals surface area contributed by atoms with Gasteiger partial charge in [-0.05, 0) is 42.7 Å². The molecule has 0 aliphatic carbocycles. The molecule has 0 heterocycles. The number of hydrogen-bond donors (Lipinski definition) is 1. The number of methoxy groups -OCH3 is 1. The summed E-state index contributed by atoms with van der Waals surface area (Å²) < 4.78 is 57.7. The predicted molar refractivity (Wildman–Crippen MR) is 105 cm³/mol. The summed E-state index contributed by atoms with van der Waals surface area (Å²) in [5.74, 6) is -0.801. The lowest BCUT2D eigenvalue weighted by molar-refractivity contribution is -0.140. The maximum atomic E-state index is 13.9. The lowest BCUT2D eigenvalue weighted by Gasteiger charge is -2.24. The van der Waals surface area contributed by atoms with Gasteiger partial charge in [-0.3, -0.25) is 0 Å². The van der Waals surface area contributed by atoms with E-state index in [0.29, 0.717) is 6.42 Å². The van der Waals surface area contributed by atoms with E-state index in [1.165, 1.54) is 26.2 Å². The summed E-state index contributed by atoms with van der Waals surface area (Å²) in [7, 11) is 1.20. The van der Waals surface area contributed by atoms with Gasteiger partial charge in [-0.2, -0.15) is 13.2 Å². The van der Waals surface area contributed by atoms with Crippen LogP contribution in [0.1, 0.15) is 52.9 Å². The lowest BCUT2D eigenvalue weighted by atomic mass is 9.92. The van der Waals surface area contributed by atoms with Crippen LogP contribution in [-0.2, 0) is 10.9 Å². The van der Waals surface area contributed by atoms with E-state index in [9.17, 15) is 23.1 Å². The first-order valence-corrected chi connectivity index (χ1v) is 9.52. The molecule has 0 bridgehead atoms. The Kier molecular flexibility index (Phi) is 8.25. The molecule has 0 aliphatic rings. The Hall–Kier alpha value is -2.58. The number of halogens is 3. The van der Waals surface area contributed by atoms with Crippen molar-refractivity contribution in [2.45, 2.75) is 39.0 Å². The molecule has 2 aromatic carbocycles. The summed E-state index contributed by atoms with van der Waals surface area (Å²) in [5, 5.41) is 9.51. The van der Waals surface area contributed by atoms with Crippen molar-refractivity contribution in [2.24, 2.45) is 0 Å². The highest BCUT2D eigenvalue weighted by atomic mass is 19.4. The van der Waals surface area contributed by atoms with Gasteiger partial charge in [-0.25, -0.2) is 4.79 Å². The Morgan fingerprint density at radius 3 is 2.40 bits per heavy atom. The van der Waals surface area contributed by atoms with Crippen molar-refractivity contribution in [3.8, 4) is 11.5 Å². The first-order valence-electron chi connectivity index (χ1n) is 9.52. The Bertz CT molecular complexity index is 846. The zero-order valence-corrected chi connectivity index (χ0v) is 17.1. The predicted octanol–water partition coefficient (Wildman–Crippen LogP) is 5.09. The molecule has 1 atom stereocenters. The average molecular weight is 426 g/mol. The number of ether oxygens (including phenoxy) is 3. The normalized spacial score (nSPS) is 12.5. The first kappa shape index (κ1) is 23.7. The third kappa shape index (κ3) is 5.52. The summed E-state index contributed by atoms with van der Waals surface area (Å²) in [6.07, 6.45) is -4.56. The second-order valence-corrected chi connectivity index (χ2v) is 6.65. The third-order valence-electron chi connectivity index (χ3n) is 4.57. The number of rotatable bonds is 9. The number of aliphatic hydroxyl groups is 1. The number of carbonyl (C=O) groups is 1. The molecule has 8 heteroatoms. The molecule has 0 spiro atoms. The number of unbranched alkanes of at least 4 members (excludes halogenated alkanes) is 1. The molecule has 2 aromatic rings. The summed E-state index contributed by atoms with van der Waals surface area (Å²) >= 11 is 0. The van der Waals surface area contributed by atoms with E-state index in [1.807, 2.05) is 6.92 Å². The third-order valence-corrected chi connectivity index (χ3v) is 4.57. The van der Waals surface area contributed by atoms with Crippen LogP contribution in [0.2, 0.25) is 0 Å². The molecule has 5 nitrogen and oxygen atoms in total. The van der Waals surface area contributed by atoms with Crippen LogP contribution in [-0.4, -0.2) is 31.4 Å². The number of esters is 1. The van der Waals surface area contributed by atoms with Gasteiger partial charge in [-0.15, -0.1) is 0 Å². The Balaban J connectivity index is 2.65. The van der Waals surface area contributed by atoms with Gasteiger partial charge in [0.05, 0.1) is 18.8 Å². The fourth-order valence-corrected chi connectivity index (χ4v) is 3.08. The largest absolute Gasteiger partial charge is 0.493 e. The second kappa shape index (κ2) is 10.4. The summed E-state index contributed by atoms with van der Waals surface area (Å²) in [5.41, 5.74) is -2.00. The van der Waals surface area contributed by atoms with Crippen LogP contribution in [0.3, 0.4) is 0 Å². The van der Waals surface area contributed by atoms with Gasteiger partial charge >= 0.3 is 12.1 Å². The van der Waals surface area contributed by atoms with Crippen molar-refractivity contribution in [2.75, 3.05) is 20.3 Å². The molecular formula is C22H25F3O5. The van der Waals surface area contributed by atoms with E-state index in [0.717, 1.165) is 12.5 Å². The fourth-order valence-electron chi connectivity index (χ4n) is 3.08. The van der Waals surface area contributed by atoms with Gasteiger partial charge in [0, 0.05) is 7.11 Å². The maximum Gasteiger partial charge on any atom is 0.417 e. The van der Waals surface area contributed by atoms with Crippen LogP contribution in [0.4, 0.5) is 13.2 Å². The highest BCUT2D eigenvalue weighted by molar-refractivity contribution is 5.96. The van der Waals surface area contributed by atoms with E-state index in [1.54, 1.807) is 18.2 Å². The molecular weight excluding hydrogens is 401 g/mol. The lowest BCUT2D eigenvalue weighted by Crippen LogP contribution is -2.22. The molecule has 0 fully saturated rings. The number of benzene rings is 2. The van der Waals surface area contributed by atoms with Crippen molar-refractivity contribution < 1.29 is 37.3 Å². The molecule has 30 heavy (non-hydrogen) atoms. The highest BCUT2D eigenvalue weighted by Crippen LogP contribution is 2.42. The zero-order chi connectivity index (χ0) is 22.3. The monoisotopic (exact) mass is 426 g/mol. The quantitative estimate of drug-likeness (QED) is 0.344. The van der Waals surface area contributed by atoms with Crippen molar-refractivity contribution in [1.82, 2.24) is 0 Å². The fraction of sp³-hybridized carbons (Fsp3) is 0.409. The first-order chi connectivity index (χ1) is 14.2. The van der Waals surface area contributed by atoms with Crippen LogP contribution >= 0.6 is 0 Å². The number of alkyl halides is 3. The Morgan fingerprint density at radius 2 is 1.87 bits per heavy atom. The minimum Gasteiger partial charge on any atom is -0.493 e. The molecule has 0 saturated heterocycles. The van der Waals surface area contributed by atoms with Gasteiger partial charge in [-0.1, -0.05) is 31.5 Å². The van der Waals surface area contributed by atoms with Crippen molar-refractivity contribution in [3.05, 3.63) is 58.7 Å². The minimum atomic E-state index is -4.78. The molecule has 164 valence electrons. The standard InChI is InChI=1S/C22H25F3O5/c1-4-5-11-29-17-12-16(18(13-26)28-3)20(22(23,24)25)14(2)19(17)21(27)30-15-9-7-6-8-10-15/h6-10,12,18,26H,4-5,11,13H2,1-3H3. The van der Waals surface area contributed by atoms with Crippen molar-refractivity contribution in [1.29, 1.82) is 0 Å². The molecule has 0 radical (unpaired) electrons. The second-order valence-electron chi connectivity index (χ2n) is 6.65. The maximum absolute atomic E-state index is 13.9. The summed E-state index contributed by atoms with van der Waals surface area (Å²) in [6.45, 7) is 2.67. The molecule has 0 aliphatic heterocycles. The van der Waals surface area contributed by atoms with Crippen LogP contribution < -0.4 is 9.47 Å². The number of aliphatic hydroxyl groups excluding tert-OH is 1. The number of carbonyl (C=O) groups excluding carboxylic acids is 1. The van der Waals surface area contributed by atoms with E-state index >= 15 is 0 Å². The van der Waals surface area contributed by atoms with E-state index in [-0.39, 0.29) is 34.8 Å². The number of para-hydroxylation sites is 1. The van der Waals surface area contributed by atoms with Gasteiger partial charge in [0.15, 0.2) is 0 Å². The molecule has 0 saturated carbocycles.